The van der Waals surface area contributed by atoms with E-state index < -0.39 is 0 Å². The number of hydrogen-bond donors (Lipinski definition) is 0. The molecular formula is C19H25N3O4. The van der Waals surface area contributed by atoms with Crippen LogP contribution in [0.3, 0.4) is 0 Å². The highest BCUT2D eigenvalue weighted by atomic mass is 16.7. The molecule has 3 aliphatic rings. The number of fused-ring (bicyclic) bond motifs is 1. The van der Waals surface area contributed by atoms with Crippen molar-refractivity contribution in [1.82, 2.24) is 9.80 Å². The molecule has 0 spiro atoms. The minimum atomic E-state index is -0.129. The lowest BCUT2D eigenvalue weighted by Crippen LogP contribution is -2.47. The Kier molecular flexibility index (Phi) is 4.38. The zero-order valence-corrected chi connectivity index (χ0v) is 15.3. The number of ether oxygens (including phenoxy) is 2. The maximum Gasteiger partial charge on any atom is 0.325 e. The third-order valence-electron chi connectivity index (χ3n) is 5.31. The number of rotatable bonds is 3. The molecule has 140 valence electrons. The van der Waals surface area contributed by atoms with Gasteiger partial charge in [-0.1, -0.05) is 13.8 Å². The summed E-state index contributed by atoms with van der Waals surface area (Å²) in [5.41, 5.74) is 0.773. The number of urea groups is 1. The van der Waals surface area contributed by atoms with Crippen molar-refractivity contribution in [2.24, 2.45) is 11.8 Å². The van der Waals surface area contributed by atoms with Gasteiger partial charge in [0.1, 0.15) is 6.54 Å². The number of benzene rings is 1. The molecule has 3 aliphatic heterocycles. The highest BCUT2D eigenvalue weighted by Gasteiger charge is 2.34. The van der Waals surface area contributed by atoms with Crippen LogP contribution in [0.25, 0.3) is 0 Å². The fraction of sp³-hybridized carbons (Fsp3) is 0.579. The zero-order chi connectivity index (χ0) is 18.3. The van der Waals surface area contributed by atoms with Crippen molar-refractivity contribution >= 4 is 17.6 Å². The van der Waals surface area contributed by atoms with Gasteiger partial charge in [0.2, 0.25) is 12.7 Å². The fourth-order valence-corrected chi connectivity index (χ4v) is 4.15. The second-order valence-corrected chi connectivity index (χ2v) is 7.64. The maximum atomic E-state index is 12.8. The number of carbonyl (C=O) groups excluding carboxylic acids is 2. The van der Waals surface area contributed by atoms with E-state index in [9.17, 15) is 9.59 Å². The first-order valence-electron chi connectivity index (χ1n) is 9.25. The lowest BCUT2D eigenvalue weighted by atomic mass is 9.92. The van der Waals surface area contributed by atoms with Crippen LogP contribution >= 0.6 is 0 Å². The Morgan fingerprint density at radius 3 is 2.62 bits per heavy atom. The van der Waals surface area contributed by atoms with Crippen LogP contribution in [0.2, 0.25) is 0 Å². The predicted molar refractivity (Wildman–Crippen MR) is 96.4 cm³/mol. The number of nitrogens with zero attached hydrogens (tertiary/aromatic N) is 3. The topological polar surface area (TPSA) is 62.3 Å². The SMILES string of the molecule is CC1CC(C)CN(C(=O)CN2CCN(c3ccc4c(c3)OCO4)C2=O)C1. The third-order valence-corrected chi connectivity index (χ3v) is 5.31. The molecule has 0 aromatic heterocycles. The average molecular weight is 359 g/mol. The first-order chi connectivity index (χ1) is 12.5. The van der Waals surface area contributed by atoms with E-state index in [1.165, 1.54) is 0 Å². The number of likely N-dealkylation sites (tertiary alicyclic amines) is 1. The molecule has 2 saturated heterocycles. The Bertz CT molecular complexity index is 713. The molecule has 26 heavy (non-hydrogen) atoms. The van der Waals surface area contributed by atoms with Crippen molar-refractivity contribution in [2.45, 2.75) is 20.3 Å². The van der Waals surface area contributed by atoms with Crippen LogP contribution in [0.5, 0.6) is 11.5 Å². The molecule has 2 atom stereocenters. The van der Waals surface area contributed by atoms with Gasteiger partial charge in [0.15, 0.2) is 11.5 Å². The van der Waals surface area contributed by atoms with Crippen LogP contribution in [-0.4, -0.2) is 61.3 Å². The monoisotopic (exact) mass is 359 g/mol. The number of amides is 3. The highest BCUT2D eigenvalue weighted by Crippen LogP contribution is 2.36. The number of hydrogen-bond acceptors (Lipinski definition) is 4. The van der Waals surface area contributed by atoms with E-state index in [2.05, 4.69) is 13.8 Å². The summed E-state index contributed by atoms with van der Waals surface area (Å²) in [7, 11) is 0. The molecule has 2 unspecified atom stereocenters. The van der Waals surface area contributed by atoms with E-state index in [1.807, 2.05) is 23.1 Å². The first kappa shape index (κ1) is 17.0. The summed E-state index contributed by atoms with van der Waals surface area (Å²) in [6.45, 7) is 7.42. The molecule has 0 saturated carbocycles. The van der Waals surface area contributed by atoms with Gasteiger partial charge in [0.05, 0.1) is 0 Å². The van der Waals surface area contributed by atoms with Crippen LogP contribution in [0.15, 0.2) is 18.2 Å². The molecule has 0 N–H and O–H groups in total. The zero-order valence-electron chi connectivity index (χ0n) is 15.3. The minimum absolute atomic E-state index is 0.0456. The molecule has 3 heterocycles. The smallest absolute Gasteiger partial charge is 0.325 e. The van der Waals surface area contributed by atoms with Gasteiger partial charge >= 0.3 is 6.03 Å². The molecule has 1 aromatic carbocycles. The molecule has 7 heteroatoms. The van der Waals surface area contributed by atoms with Crippen molar-refractivity contribution in [3.8, 4) is 11.5 Å². The normalized spacial score (nSPS) is 25.2. The maximum absolute atomic E-state index is 12.8. The second kappa shape index (κ2) is 6.70. The third kappa shape index (κ3) is 3.18. The van der Waals surface area contributed by atoms with Gasteiger partial charge in [-0.25, -0.2) is 4.79 Å². The minimum Gasteiger partial charge on any atom is -0.454 e. The largest absolute Gasteiger partial charge is 0.454 e. The Hall–Kier alpha value is -2.44. The standard InChI is InChI=1S/C19H25N3O4/c1-13-7-14(2)10-21(9-13)18(23)11-20-5-6-22(19(20)24)15-3-4-16-17(8-15)26-12-25-16/h3-4,8,13-14H,5-7,9-12H2,1-2H3. The van der Waals surface area contributed by atoms with Gasteiger partial charge in [0, 0.05) is 37.9 Å². The molecule has 0 bridgehead atoms. The van der Waals surface area contributed by atoms with Gasteiger partial charge < -0.3 is 19.3 Å². The Morgan fingerprint density at radius 1 is 1.12 bits per heavy atom. The Labute approximate surface area is 153 Å². The first-order valence-corrected chi connectivity index (χ1v) is 9.25. The molecule has 0 aliphatic carbocycles. The van der Waals surface area contributed by atoms with Crippen molar-refractivity contribution in [1.29, 1.82) is 0 Å². The summed E-state index contributed by atoms with van der Waals surface area (Å²) in [5, 5.41) is 0. The molecule has 7 nitrogen and oxygen atoms in total. The molecule has 0 radical (unpaired) electrons. The van der Waals surface area contributed by atoms with Crippen LogP contribution in [0.1, 0.15) is 20.3 Å². The summed E-state index contributed by atoms with van der Waals surface area (Å²) in [4.78, 5) is 30.7. The lowest BCUT2D eigenvalue weighted by molar-refractivity contribution is -0.134. The van der Waals surface area contributed by atoms with Gasteiger partial charge in [-0.2, -0.15) is 0 Å². The molecular weight excluding hydrogens is 334 g/mol. The van der Waals surface area contributed by atoms with Crippen molar-refractivity contribution in [3.05, 3.63) is 18.2 Å². The van der Waals surface area contributed by atoms with E-state index >= 15 is 0 Å². The Balaban J connectivity index is 1.40. The number of carbonyl (C=O) groups is 2. The summed E-state index contributed by atoms with van der Waals surface area (Å²) >= 11 is 0. The summed E-state index contributed by atoms with van der Waals surface area (Å²) in [5.74, 6) is 2.43. The van der Waals surface area contributed by atoms with E-state index in [4.69, 9.17) is 9.47 Å². The number of piperidine rings is 1. The summed E-state index contributed by atoms with van der Waals surface area (Å²) in [6, 6.07) is 5.36. The van der Waals surface area contributed by atoms with Crippen LogP contribution in [0.4, 0.5) is 10.5 Å². The van der Waals surface area contributed by atoms with E-state index in [0.717, 1.165) is 25.2 Å². The van der Waals surface area contributed by atoms with Gasteiger partial charge in [-0.3, -0.25) is 9.69 Å². The van der Waals surface area contributed by atoms with Gasteiger partial charge in [0.25, 0.3) is 0 Å². The van der Waals surface area contributed by atoms with Crippen molar-refractivity contribution in [3.63, 3.8) is 0 Å². The molecule has 1 aromatic rings. The van der Waals surface area contributed by atoms with Gasteiger partial charge in [-0.15, -0.1) is 0 Å². The van der Waals surface area contributed by atoms with Crippen molar-refractivity contribution in [2.75, 3.05) is 44.4 Å². The summed E-state index contributed by atoms with van der Waals surface area (Å²) < 4.78 is 10.7. The molecule has 3 amide bonds. The average Bonchev–Trinajstić information content (AvgIpc) is 3.20. The molecule has 4 rings (SSSR count). The quantitative estimate of drug-likeness (QED) is 0.830. The Morgan fingerprint density at radius 2 is 1.85 bits per heavy atom. The van der Waals surface area contributed by atoms with E-state index in [0.29, 0.717) is 36.4 Å². The van der Waals surface area contributed by atoms with E-state index in [1.54, 1.807) is 9.80 Å². The summed E-state index contributed by atoms with van der Waals surface area (Å²) in [6.07, 6.45) is 1.16. The lowest BCUT2D eigenvalue weighted by Gasteiger charge is -2.35. The van der Waals surface area contributed by atoms with Crippen LogP contribution in [0, 0.1) is 11.8 Å². The van der Waals surface area contributed by atoms with Gasteiger partial charge in [-0.05, 0) is 30.4 Å². The molecule has 2 fully saturated rings. The second-order valence-electron chi connectivity index (χ2n) is 7.64. The number of anilines is 1. The predicted octanol–water partition coefficient (Wildman–Crippen LogP) is 2.16. The fourth-order valence-electron chi connectivity index (χ4n) is 4.15. The van der Waals surface area contributed by atoms with Crippen LogP contribution < -0.4 is 14.4 Å². The van der Waals surface area contributed by atoms with Crippen LogP contribution in [-0.2, 0) is 4.79 Å². The van der Waals surface area contributed by atoms with Crippen molar-refractivity contribution < 1.29 is 19.1 Å². The van der Waals surface area contributed by atoms with E-state index in [-0.39, 0.29) is 25.3 Å². The highest BCUT2D eigenvalue weighted by molar-refractivity contribution is 5.96.